The maximum atomic E-state index is 5.63. The van der Waals surface area contributed by atoms with Crippen LogP contribution in [-0.2, 0) is 13.1 Å². The molecular weight excluding hydrogens is 216 g/mol. The van der Waals surface area contributed by atoms with E-state index in [2.05, 4.69) is 10.1 Å². The molecule has 0 atom stereocenters. The normalized spacial score (nSPS) is 10.5. The van der Waals surface area contributed by atoms with Gasteiger partial charge in [0.2, 0.25) is 5.88 Å². The predicted octanol–water partition coefficient (Wildman–Crippen LogP) is 1.86. The van der Waals surface area contributed by atoms with Crippen LogP contribution in [0, 0.1) is 6.92 Å². The van der Waals surface area contributed by atoms with Gasteiger partial charge in [-0.3, -0.25) is 4.68 Å². The molecule has 2 heterocycles. The van der Waals surface area contributed by atoms with E-state index in [0.717, 1.165) is 17.8 Å². The smallest absolute Gasteiger partial charge is 0.219 e. The summed E-state index contributed by atoms with van der Waals surface area (Å²) in [7, 11) is 0. The molecule has 0 aromatic carbocycles. The minimum absolute atomic E-state index is 0.480. The minimum atomic E-state index is 0.480. The first-order valence-electron chi connectivity index (χ1n) is 5.59. The van der Waals surface area contributed by atoms with Gasteiger partial charge in [-0.1, -0.05) is 0 Å². The number of nitrogens with zero attached hydrogens (tertiary/aromatic N) is 3. The maximum Gasteiger partial charge on any atom is 0.219 e. The van der Waals surface area contributed by atoms with Crippen molar-refractivity contribution in [2.75, 3.05) is 0 Å². The number of rotatable bonds is 4. The van der Waals surface area contributed by atoms with E-state index in [0.29, 0.717) is 18.2 Å². The first-order valence-corrected chi connectivity index (χ1v) is 5.59. The van der Waals surface area contributed by atoms with Crippen molar-refractivity contribution < 1.29 is 4.74 Å². The highest BCUT2D eigenvalue weighted by atomic mass is 16.5. The molecule has 0 aliphatic heterocycles. The lowest BCUT2D eigenvalue weighted by atomic mass is 10.2. The van der Waals surface area contributed by atoms with Crippen molar-refractivity contribution in [2.45, 2.75) is 26.9 Å². The number of aromatic nitrogens is 3. The number of hydrogen-bond donors (Lipinski definition) is 1. The Hall–Kier alpha value is -1.88. The molecule has 0 aliphatic rings. The lowest BCUT2D eigenvalue weighted by Gasteiger charge is -2.05. The van der Waals surface area contributed by atoms with Gasteiger partial charge in [0.25, 0.3) is 0 Å². The maximum absolute atomic E-state index is 5.63. The first-order chi connectivity index (χ1) is 8.21. The number of aryl methyl sites for hydroxylation is 2. The molecule has 2 N–H and O–H groups in total. The van der Waals surface area contributed by atoms with Crippen LogP contribution >= 0.6 is 0 Å². The van der Waals surface area contributed by atoms with Gasteiger partial charge in [-0.2, -0.15) is 5.10 Å². The Bertz CT molecular complexity index is 507. The van der Waals surface area contributed by atoms with Crippen LogP contribution in [0.15, 0.2) is 24.5 Å². The second kappa shape index (κ2) is 4.97. The van der Waals surface area contributed by atoms with E-state index in [4.69, 9.17) is 10.5 Å². The molecule has 17 heavy (non-hydrogen) atoms. The zero-order chi connectivity index (χ0) is 12.3. The first kappa shape index (κ1) is 11.6. The van der Waals surface area contributed by atoms with Gasteiger partial charge in [0.05, 0.1) is 12.4 Å². The van der Waals surface area contributed by atoms with Gasteiger partial charge < -0.3 is 10.5 Å². The molecule has 0 saturated heterocycles. The summed E-state index contributed by atoms with van der Waals surface area (Å²) >= 11 is 0. The highest BCUT2D eigenvalue weighted by molar-refractivity contribution is 5.28. The average Bonchev–Trinajstić information content (AvgIpc) is 2.76. The van der Waals surface area contributed by atoms with E-state index >= 15 is 0 Å². The van der Waals surface area contributed by atoms with Crippen LogP contribution in [0.3, 0.4) is 0 Å². The summed E-state index contributed by atoms with van der Waals surface area (Å²) in [5.41, 5.74) is 7.51. The molecule has 0 spiro atoms. The summed E-state index contributed by atoms with van der Waals surface area (Å²) in [5, 5.41) is 4.14. The SMILES string of the molecule is CCn1cc(Oc2cc(CN)cc(C)n2)cn1. The van der Waals surface area contributed by atoms with Crippen molar-refractivity contribution in [3.05, 3.63) is 35.8 Å². The lowest BCUT2D eigenvalue weighted by Crippen LogP contribution is -1.99. The van der Waals surface area contributed by atoms with Gasteiger partial charge in [0.15, 0.2) is 5.75 Å². The van der Waals surface area contributed by atoms with Crippen molar-refractivity contribution in [3.8, 4) is 11.6 Å². The highest BCUT2D eigenvalue weighted by Gasteiger charge is 2.04. The number of pyridine rings is 1. The monoisotopic (exact) mass is 232 g/mol. The van der Waals surface area contributed by atoms with Crippen LogP contribution < -0.4 is 10.5 Å². The quantitative estimate of drug-likeness (QED) is 0.873. The average molecular weight is 232 g/mol. The molecule has 5 heteroatoms. The van der Waals surface area contributed by atoms with Crippen LogP contribution in [0.1, 0.15) is 18.2 Å². The fourth-order valence-corrected chi connectivity index (χ4v) is 1.57. The van der Waals surface area contributed by atoms with Crippen molar-refractivity contribution in [2.24, 2.45) is 5.73 Å². The van der Waals surface area contributed by atoms with Gasteiger partial charge in [-0.05, 0) is 25.5 Å². The topological polar surface area (TPSA) is 66.0 Å². The van der Waals surface area contributed by atoms with E-state index in [1.807, 2.05) is 32.2 Å². The summed E-state index contributed by atoms with van der Waals surface area (Å²) < 4.78 is 7.43. The Morgan fingerprint density at radius 1 is 1.41 bits per heavy atom. The fourth-order valence-electron chi connectivity index (χ4n) is 1.57. The standard InChI is InChI=1S/C12H16N4O/c1-3-16-8-11(7-14-16)17-12-5-10(6-13)4-9(2)15-12/h4-5,7-8H,3,6,13H2,1-2H3. The van der Waals surface area contributed by atoms with Gasteiger partial charge in [0, 0.05) is 24.8 Å². The molecule has 5 nitrogen and oxygen atoms in total. The molecule has 0 saturated carbocycles. The number of nitrogens with two attached hydrogens (primary N) is 1. The van der Waals surface area contributed by atoms with E-state index < -0.39 is 0 Å². The number of ether oxygens (including phenoxy) is 1. The molecular formula is C12H16N4O. The third-order valence-corrected chi connectivity index (χ3v) is 2.38. The van der Waals surface area contributed by atoms with Crippen LogP contribution in [0.5, 0.6) is 11.6 Å². The van der Waals surface area contributed by atoms with E-state index in [1.165, 1.54) is 0 Å². The summed E-state index contributed by atoms with van der Waals surface area (Å²) in [6.45, 7) is 5.24. The Morgan fingerprint density at radius 3 is 2.88 bits per heavy atom. The Balaban J connectivity index is 2.20. The van der Waals surface area contributed by atoms with Crippen molar-refractivity contribution in [1.82, 2.24) is 14.8 Å². The second-order valence-corrected chi connectivity index (χ2v) is 3.79. The molecule has 0 fully saturated rings. The summed E-state index contributed by atoms with van der Waals surface area (Å²) in [5.74, 6) is 1.24. The molecule has 2 aromatic heterocycles. The highest BCUT2D eigenvalue weighted by Crippen LogP contribution is 2.20. The van der Waals surface area contributed by atoms with E-state index in [9.17, 15) is 0 Å². The molecule has 0 amide bonds. The molecule has 2 aromatic rings. The minimum Gasteiger partial charge on any atom is -0.436 e. The zero-order valence-electron chi connectivity index (χ0n) is 10.1. The Morgan fingerprint density at radius 2 is 2.24 bits per heavy atom. The molecule has 90 valence electrons. The fraction of sp³-hybridized carbons (Fsp3) is 0.333. The summed E-state index contributed by atoms with van der Waals surface area (Å²) in [6.07, 6.45) is 3.52. The van der Waals surface area contributed by atoms with Crippen LogP contribution in [0.4, 0.5) is 0 Å². The largest absolute Gasteiger partial charge is 0.436 e. The molecule has 0 bridgehead atoms. The molecule has 0 aliphatic carbocycles. The Kier molecular flexibility index (Phi) is 3.39. The summed E-state index contributed by atoms with van der Waals surface area (Å²) in [4.78, 5) is 4.30. The van der Waals surface area contributed by atoms with Crippen LogP contribution in [0.25, 0.3) is 0 Å². The number of hydrogen-bond acceptors (Lipinski definition) is 4. The third-order valence-electron chi connectivity index (χ3n) is 2.38. The van der Waals surface area contributed by atoms with Crippen molar-refractivity contribution in [1.29, 1.82) is 0 Å². The van der Waals surface area contributed by atoms with Crippen molar-refractivity contribution in [3.63, 3.8) is 0 Å². The van der Waals surface area contributed by atoms with Crippen molar-refractivity contribution >= 4 is 0 Å². The molecule has 0 radical (unpaired) electrons. The van der Waals surface area contributed by atoms with E-state index in [1.54, 1.807) is 10.9 Å². The lowest BCUT2D eigenvalue weighted by molar-refractivity contribution is 0.459. The van der Waals surface area contributed by atoms with Crippen LogP contribution in [-0.4, -0.2) is 14.8 Å². The van der Waals surface area contributed by atoms with Crippen LogP contribution in [0.2, 0.25) is 0 Å². The van der Waals surface area contributed by atoms with Gasteiger partial charge in [0.1, 0.15) is 0 Å². The third kappa shape index (κ3) is 2.82. The summed E-state index contributed by atoms with van der Waals surface area (Å²) in [6, 6.07) is 3.79. The van der Waals surface area contributed by atoms with Gasteiger partial charge in [-0.25, -0.2) is 4.98 Å². The molecule has 2 rings (SSSR count). The predicted molar refractivity (Wildman–Crippen MR) is 64.8 cm³/mol. The van der Waals surface area contributed by atoms with E-state index in [-0.39, 0.29) is 0 Å². The Labute approximate surface area is 100 Å². The van der Waals surface area contributed by atoms with Gasteiger partial charge >= 0.3 is 0 Å². The molecule has 0 unspecified atom stereocenters. The zero-order valence-corrected chi connectivity index (χ0v) is 10.1. The van der Waals surface area contributed by atoms with Gasteiger partial charge in [-0.15, -0.1) is 0 Å². The second-order valence-electron chi connectivity index (χ2n) is 3.79.